The van der Waals surface area contributed by atoms with E-state index in [1.54, 1.807) is 0 Å². The molecule has 5 nitrogen and oxygen atoms in total. The van der Waals surface area contributed by atoms with Gasteiger partial charge in [0.25, 0.3) is 5.70 Å². The Morgan fingerprint density at radius 2 is 2.30 bits per heavy atom. The molecule has 10 heavy (non-hydrogen) atoms. The number of nitrogens with zero attached hydrogens (tertiary/aromatic N) is 2. The second-order valence-corrected chi connectivity index (χ2v) is 1.25. The maximum Gasteiger partial charge on any atom is 0.289 e. The van der Waals surface area contributed by atoms with Crippen LogP contribution in [0.15, 0.2) is 17.8 Å². The summed E-state index contributed by atoms with van der Waals surface area (Å²) in [5.74, 6) is 1.31. The smallest absolute Gasteiger partial charge is 0.289 e. The fourth-order valence-corrected chi connectivity index (χ4v) is 0.269. The Morgan fingerprint density at radius 1 is 1.70 bits per heavy atom. The molecular weight excluding hydrogens is 136 g/mol. The first-order valence-electron chi connectivity index (χ1n) is 2.25. The summed E-state index contributed by atoms with van der Waals surface area (Å²) < 4.78 is 0. The van der Waals surface area contributed by atoms with Crippen LogP contribution in [-0.2, 0) is 4.79 Å². The lowest BCUT2D eigenvalue weighted by Crippen LogP contribution is -1.94. The van der Waals surface area contributed by atoms with Gasteiger partial charge in [0.1, 0.15) is 6.29 Å². The number of carbonyl (C=O) groups excluding carboxylic acids is 1. The molecule has 52 valence electrons. The van der Waals surface area contributed by atoms with Gasteiger partial charge in [-0.15, -0.1) is 0 Å². The summed E-state index contributed by atoms with van der Waals surface area (Å²) in [7, 11) is 0. The Hall–Kier alpha value is -1.74. The predicted octanol–water partition coefficient (Wildman–Crippen LogP) is 0.141. The van der Waals surface area contributed by atoms with Crippen LogP contribution in [0.2, 0.25) is 0 Å². The van der Waals surface area contributed by atoms with Crippen molar-refractivity contribution in [3.8, 4) is 0 Å². The molecule has 0 heterocycles. The Balaban J connectivity index is 4.41. The lowest BCUT2D eigenvalue weighted by molar-refractivity contribution is -0.416. The lowest BCUT2D eigenvalue weighted by Gasteiger charge is -1.84. The third-order valence-corrected chi connectivity index (χ3v) is 0.644. The number of hydrogen-bond donors (Lipinski definition) is 0. The average molecular weight is 139 g/mol. The van der Waals surface area contributed by atoms with E-state index < -0.39 is 10.6 Å². The molecule has 0 unspecified atom stereocenters. The van der Waals surface area contributed by atoms with E-state index >= 15 is 0 Å². The molecule has 0 bridgehead atoms. The van der Waals surface area contributed by atoms with Gasteiger partial charge in [-0.1, -0.05) is 0 Å². The van der Waals surface area contributed by atoms with Crippen molar-refractivity contribution >= 4 is 12.2 Å². The largest absolute Gasteiger partial charge is 0.758 e. The lowest BCUT2D eigenvalue weighted by atomic mass is 10.4. The molecule has 0 aromatic carbocycles. The van der Waals surface area contributed by atoms with Crippen LogP contribution in [-0.4, -0.2) is 17.1 Å². The van der Waals surface area contributed by atoms with Gasteiger partial charge < -0.3 is 5.41 Å². The van der Waals surface area contributed by atoms with Crippen molar-refractivity contribution in [2.45, 2.75) is 0 Å². The van der Waals surface area contributed by atoms with Crippen LogP contribution >= 0.6 is 0 Å². The van der Waals surface area contributed by atoms with Crippen molar-refractivity contribution in [3.05, 3.63) is 33.4 Å². The summed E-state index contributed by atoms with van der Waals surface area (Å²) in [5.41, 5.74) is -0.646. The van der Waals surface area contributed by atoms with Crippen molar-refractivity contribution < 1.29 is 9.72 Å². The number of nitro groups is 1. The molecule has 0 saturated carbocycles. The molecule has 0 spiro atoms. The van der Waals surface area contributed by atoms with Gasteiger partial charge in [0.15, 0.2) is 0 Å². The molecule has 0 N–H and O–H groups in total. The molecule has 0 aliphatic rings. The van der Waals surface area contributed by atoms with Crippen LogP contribution in [0.25, 0.3) is 5.41 Å². The number of allylic oxidation sites excluding steroid dienone is 2. The highest BCUT2D eigenvalue weighted by molar-refractivity contribution is 5.69. The summed E-state index contributed by atoms with van der Waals surface area (Å²) in [6.45, 7) is 0. The van der Waals surface area contributed by atoms with Gasteiger partial charge in [0.2, 0.25) is 0 Å². The van der Waals surface area contributed by atoms with Crippen LogP contribution in [0.3, 0.4) is 0 Å². The van der Waals surface area contributed by atoms with Crippen molar-refractivity contribution in [3.63, 3.8) is 0 Å². The molecular formula is C5H3N2O3-. The third-order valence-electron chi connectivity index (χ3n) is 0.644. The van der Waals surface area contributed by atoms with Gasteiger partial charge in [-0.05, 0) is 6.08 Å². The molecule has 0 aromatic heterocycles. The predicted molar refractivity (Wildman–Crippen MR) is 34.1 cm³/mol. The van der Waals surface area contributed by atoms with E-state index in [1.807, 2.05) is 0 Å². The van der Waals surface area contributed by atoms with E-state index in [0.29, 0.717) is 6.29 Å². The molecule has 0 rings (SSSR count). The highest BCUT2D eigenvalue weighted by Gasteiger charge is 1.98. The fraction of sp³-hybridized carbons (Fsp3) is 0. The summed E-state index contributed by atoms with van der Waals surface area (Å²) in [6, 6.07) is 0. The second kappa shape index (κ2) is 4.17. The molecule has 0 atom stereocenters. The highest BCUT2D eigenvalue weighted by Crippen LogP contribution is 1.89. The van der Waals surface area contributed by atoms with Crippen LogP contribution in [0, 0.1) is 10.1 Å². The normalized spacial score (nSPS) is 8.80. The monoisotopic (exact) mass is 139 g/mol. The molecule has 0 aliphatic carbocycles. The third kappa shape index (κ3) is 2.54. The fourth-order valence-electron chi connectivity index (χ4n) is 0.269. The van der Waals surface area contributed by atoms with Gasteiger partial charge in [0, 0.05) is 6.08 Å². The first-order chi connectivity index (χ1) is 4.72. The van der Waals surface area contributed by atoms with E-state index in [0.717, 1.165) is 12.2 Å². The van der Waals surface area contributed by atoms with Crippen molar-refractivity contribution in [2.24, 2.45) is 0 Å². The summed E-state index contributed by atoms with van der Waals surface area (Å²) in [5, 5.41) is 17.8. The Bertz CT molecular complexity index is 225. The van der Waals surface area contributed by atoms with Crippen LogP contribution < -0.4 is 0 Å². The molecule has 0 amide bonds. The minimum Gasteiger partial charge on any atom is -0.758 e. The second-order valence-electron chi connectivity index (χ2n) is 1.25. The molecule has 0 saturated heterocycles. The first kappa shape index (κ1) is 8.26. The van der Waals surface area contributed by atoms with E-state index in [4.69, 9.17) is 5.41 Å². The number of aldehydes is 1. The van der Waals surface area contributed by atoms with E-state index in [-0.39, 0.29) is 0 Å². The van der Waals surface area contributed by atoms with Gasteiger partial charge in [0.05, 0.1) is 4.92 Å². The average Bonchev–Trinajstić information content (AvgIpc) is 1.89. The van der Waals surface area contributed by atoms with Gasteiger partial charge in [-0.25, -0.2) is 0 Å². The number of hydrogen-bond acceptors (Lipinski definition) is 3. The topological polar surface area (TPSA) is 82.5 Å². The van der Waals surface area contributed by atoms with Crippen molar-refractivity contribution in [1.29, 1.82) is 0 Å². The van der Waals surface area contributed by atoms with Gasteiger partial charge in [-0.3, -0.25) is 14.9 Å². The SMILES string of the molecule is [N-]=C=C(/C=C/C=O)[N+](=O)[O-]. The van der Waals surface area contributed by atoms with Gasteiger partial charge >= 0.3 is 0 Å². The van der Waals surface area contributed by atoms with Crippen molar-refractivity contribution in [2.75, 3.05) is 0 Å². The molecule has 5 heteroatoms. The molecule has 0 aromatic rings. The van der Waals surface area contributed by atoms with E-state index in [9.17, 15) is 14.9 Å². The number of carbonyl (C=O) groups is 1. The Kier molecular flexibility index (Phi) is 3.44. The minimum atomic E-state index is -0.861. The zero-order chi connectivity index (χ0) is 7.98. The summed E-state index contributed by atoms with van der Waals surface area (Å²) in [6.07, 6.45) is 2.09. The van der Waals surface area contributed by atoms with E-state index in [1.165, 1.54) is 5.87 Å². The van der Waals surface area contributed by atoms with Gasteiger partial charge in [-0.2, -0.15) is 5.87 Å². The van der Waals surface area contributed by atoms with E-state index in [2.05, 4.69) is 0 Å². The zero-order valence-corrected chi connectivity index (χ0v) is 4.85. The Labute approximate surface area is 56.3 Å². The first-order valence-corrected chi connectivity index (χ1v) is 2.25. The minimum absolute atomic E-state index is 0.362. The molecule has 0 aliphatic heterocycles. The molecule has 0 fully saturated rings. The maximum atomic E-state index is 9.82. The number of rotatable bonds is 3. The highest BCUT2D eigenvalue weighted by atomic mass is 16.6. The van der Waals surface area contributed by atoms with Crippen LogP contribution in [0.1, 0.15) is 0 Å². The van der Waals surface area contributed by atoms with Crippen molar-refractivity contribution in [1.82, 2.24) is 0 Å². The standard InChI is InChI=1S/C5H3N2O3/c6-4-5(7(9)10)2-1-3-8/h1-3H/q-1/b2-1+. The Morgan fingerprint density at radius 3 is 2.60 bits per heavy atom. The maximum absolute atomic E-state index is 9.82. The zero-order valence-electron chi connectivity index (χ0n) is 4.85. The van der Waals surface area contributed by atoms with Crippen LogP contribution in [0.5, 0.6) is 0 Å². The molecule has 0 radical (unpaired) electrons. The van der Waals surface area contributed by atoms with Crippen LogP contribution in [0.4, 0.5) is 0 Å². The summed E-state index contributed by atoms with van der Waals surface area (Å²) >= 11 is 0. The summed E-state index contributed by atoms with van der Waals surface area (Å²) in [4.78, 5) is 18.6. The quantitative estimate of drug-likeness (QED) is 0.139.